The van der Waals surface area contributed by atoms with E-state index in [1.54, 1.807) is 18.2 Å². The maximum Gasteiger partial charge on any atom is 0.244 e. The van der Waals surface area contributed by atoms with Gasteiger partial charge in [0.25, 0.3) is 0 Å². The Kier molecular flexibility index (Phi) is 4.09. The minimum absolute atomic E-state index is 0.202. The van der Waals surface area contributed by atoms with Crippen LogP contribution in [0.2, 0.25) is 5.02 Å². The summed E-state index contributed by atoms with van der Waals surface area (Å²) >= 11 is 5.84. The van der Waals surface area contributed by atoms with E-state index in [1.165, 1.54) is 12.4 Å². The van der Waals surface area contributed by atoms with Gasteiger partial charge in [-0.1, -0.05) is 23.7 Å². The Balaban J connectivity index is 1.87. The van der Waals surface area contributed by atoms with E-state index in [0.29, 0.717) is 17.4 Å². The molecule has 0 spiro atoms. The lowest BCUT2D eigenvalue weighted by atomic mass is 10.2. The van der Waals surface area contributed by atoms with E-state index in [-0.39, 0.29) is 5.91 Å². The predicted molar refractivity (Wildman–Crippen MR) is 68.7 cm³/mol. The monoisotopic (exact) mass is 262 g/mol. The van der Waals surface area contributed by atoms with E-state index in [1.807, 2.05) is 12.1 Å². The number of halogens is 1. The zero-order valence-electron chi connectivity index (χ0n) is 9.43. The van der Waals surface area contributed by atoms with Crippen LogP contribution in [-0.2, 0) is 11.3 Å². The Bertz CT molecular complexity index is 551. The molecule has 0 radical (unpaired) electrons. The zero-order chi connectivity index (χ0) is 12.8. The van der Waals surface area contributed by atoms with Crippen molar-refractivity contribution in [2.45, 2.75) is 6.54 Å². The van der Waals surface area contributed by atoms with Gasteiger partial charge >= 0.3 is 0 Å². The van der Waals surface area contributed by atoms with Crippen molar-refractivity contribution < 1.29 is 4.79 Å². The minimum Gasteiger partial charge on any atom is -0.345 e. The highest BCUT2D eigenvalue weighted by atomic mass is 35.5. The van der Waals surface area contributed by atoms with Crippen LogP contribution in [0.4, 0.5) is 0 Å². The lowest BCUT2D eigenvalue weighted by Gasteiger charge is -1.98. The molecule has 0 aliphatic rings. The Labute approximate surface area is 109 Å². The van der Waals surface area contributed by atoms with Gasteiger partial charge < -0.3 is 5.32 Å². The molecule has 0 saturated carbocycles. The first-order valence-electron chi connectivity index (χ1n) is 5.30. The van der Waals surface area contributed by atoms with Crippen LogP contribution in [0.3, 0.4) is 0 Å². The van der Waals surface area contributed by atoms with Crippen LogP contribution in [-0.4, -0.2) is 21.1 Å². The Hall–Kier alpha value is -2.14. The summed E-state index contributed by atoms with van der Waals surface area (Å²) in [7, 11) is 0. The van der Waals surface area contributed by atoms with Gasteiger partial charge in [-0.05, 0) is 23.8 Å². The molecule has 5 nitrogen and oxygen atoms in total. The summed E-state index contributed by atoms with van der Waals surface area (Å²) in [6.07, 6.45) is 4.53. The van der Waals surface area contributed by atoms with Gasteiger partial charge in [0.2, 0.25) is 5.91 Å². The van der Waals surface area contributed by atoms with Gasteiger partial charge in [0.1, 0.15) is 12.2 Å². The van der Waals surface area contributed by atoms with E-state index in [2.05, 4.69) is 20.5 Å². The molecule has 0 atom stereocenters. The predicted octanol–water partition coefficient (Wildman–Crippen LogP) is 1.79. The molecule has 0 unspecified atom stereocenters. The number of H-pyrrole nitrogens is 1. The first-order valence-corrected chi connectivity index (χ1v) is 5.67. The fourth-order valence-corrected chi connectivity index (χ4v) is 1.53. The van der Waals surface area contributed by atoms with E-state index < -0.39 is 0 Å². The number of aromatic nitrogens is 3. The topological polar surface area (TPSA) is 70.7 Å². The van der Waals surface area contributed by atoms with Crippen molar-refractivity contribution in [3.05, 3.63) is 53.1 Å². The van der Waals surface area contributed by atoms with Crippen molar-refractivity contribution in [1.82, 2.24) is 20.5 Å². The van der Waals surface area contributed by atoms with E-state index in [0.717, 1.165) is 5.56 Å². The summed E-state index contributed by atoms with van der Waals surface area (Å²) in [5, 5.41) is 9.66. The quantitative estimate of drug-likeness (QED) is 0.826. The molecule has 0 aliphatic heterocycles. The van der Waals surface area contributed by atoms with Gasteiger partial charge in [-0.25, -0.2) is 4.98 Å². The highest BCUT2D eigenvalue weighted by Crippen LogP contribution is 2.11. The van der Waals surface area contributed by atoms with E-state index in [9.17, 15) is 4.79 Å². The number of nitrogens with one attached hydrogen (secondary N) is 2. The molecule has 1 amide bonds. The van der Waals surface area contributed by atoms with Crippen molar-refractivity contribution >= 4 is 23.6 Å². The van der Waals surface area contributed by atoms with Crippen molar-refractivity contribution in [3.63, 3.8) is 0 Å². The fraction of sp³-hybridized carbons (Fsp3) is 0.0833. The summed E-state index contributed by atoms with van der Waals surface area (Å²) < 4.78 is 0. The van der Waals surface area contributed by atoms with Crippen LogP contribution in [0.25, 0.3) is 6.08 Å². The smallest absolute Gasteiger partial charge is 0.244 e. The highest BCUT2D eigenvalue weighted by Gasteiger charge is 1.98. The zero-order valence-corrected chi connectivity index (χ0v) is 10.2. The number of amides is 1. The third-order valence-electron chi connectivity index (χ3n) is 2.17. The molecule has 18 heavy (non-hydrogen) atoms. The Morgan fingerprint density at radius 1 is 1.50 bits per heavy atom. The number of aromatic amines is 1. The molecule has 6 heteroatoms. The average molecular weight is 263 g/mol. The van der Waals surface area contributed by atoms with Gasteiger partial charge in [-0.3, -0.25) is 9.89 Å². The molecule has 0 fully saturated rings. The number of hydrogen-bond acceptors (Lipinski definition) is 3. The Morgan fingerprint density at radius 2 is 2.39 bits per heavy atom. The molecule has 2 aromatic rings. The van der Waals surface area contributed by atoms with Crippen molar-refractivity contribution in [2.24, 2.45) is 0 Å². The first kappa shape index (κ1) is 12.3. The number of nitrogens with zero attached hydrogens (tertiary/aromatic N) is 2. The highest BCUT2D eigenvalue weighted by molar-refractivity contribution is 6.30. The molecule has 1 aromatic heterocycles. The summed E-state index contributed by atoms with van der Waals surface area (Å²) in [6, 6.07) is 7.26. The van der Waals surface area contributed by atoms with Gasteiger partial charge in [0, 0.05) is 11.1 Å². The van der Waals surface area contributed by atoms with Crippen LogP contribution in [0.15, 0.2) is 36.7 Å². The van der Waals surface area contributed by atoms with Gasteiger partial charge in [0.15, 0.2) is 0 Å². The van der Waals surface area contributed by atoms with Crippen LogP contribution in [0, 0.1) is 0 Å². The number of carbonyl (C=O) groups excluding carboxylic acids is 1. The second kappa shape index (κ2) is 5.97. The van der Waals surface area contributed by atoms with Crippen LogP contribution >= 0.6 is 11.6 Å². The number of rotatable bonds is 4. The molecule has 0 saturated heterocycles. The van der Waals surface area contributed by atoms with E-state index in [4.69, 9.17) is 11.6 Å². The third-order valence-corrected chi connectivity index (χ3v) is 2.41. The fourth-order valence-electron chi connectivity index (χ4n) is 1.33. The molecule has 0 aliphatic carbocycles. The number of benzene rings is 1. The molecular weight excluding hydrogens is 252 g/mol. The van der Waals surface area contributed by atoms with Crippen molar-refractivity contribution in [3.8, 4) is 0 Å². The van der Waals surface area contributed by atoms with E-state index >= 15 is 0 Å². The van der Waals surface area contributed by atoms with Crippen LogP contribution in [0.1, 0.15) is 11.4 Å². The number of carbonyl (C=O) groups is 1. The maximum absolute atomic E-state index is 11.5. The summed E-state index contributed by atoms with van der Waals surface area (Å²) in [4.78, 5) is 15.4. The minimum atomic E-state index is -0.202. The summed E-state index contributed by atoms with van der Waals surface area (Å²) in [5.41, 5.74) is 0.873. The van der Waals surface area contributed by atoms with Gasteiger partial charge in [0.05, 0.1) is 6.54 Å². The first-order chi connectivity index (χ1) is 8.74. The number of hydrogen-bond donors (Lipinski definition) is 2. The molecule has 1 aromatic carbocycles. The van der Waals surface area contributed by atoms with Crippen LogP contribution < -0.4 is 5.32 Å². The molecule has 2 rings (SSSR count). The molecule has 92 valence electrons. The lowest BCUT2D eigenvalue weighted by Crippen LogP contribution is -2.20. The summed E-state index contributed by atoms with van der Waals surface area (Å²) in [5.74, 6) is 0.408. The normalized spacial score (nSPS) is 10.7. The standard InChI is InChI=1S/C12H11ClN4O/c13-10-3-1-2-9(6-10)4-5-12(18)14-7-11-15-8-16-17-11/h1-6,8H,7H2,(H,14,18)(H,15,16,17)/b5-4+. The van der Waals surface area contributed by atoms with Crippen molar-refractivity contribution in [2.75, 3.05) is 0 Å². The second-order valence-electron chi connectivity index (χ2n) is 3.54. The van der Waals surface area contributed by atoms with Gasteiger partial charge in [-0.2, -0.15) is 5.10 Å². The molecule has 2 N–H and O–H groups in total. The molecular formula is C12H11ClN4O. The van der Waals surface area contributed by atoms with Crippen LogP contribution in [0.5, 0.6) is 0 Å². The average Bonchev–Trinajstić information content (AvgIpc) is 2.87. The molecule has 0 bridgehead atoms. The SMILES string of the molecule is O=C(/C=C/c1cccc(Cl)c1)NCc1ncn[nH]1. The summed E-state index contributed by atoms with van der Waals surface area (Å²) in [6.45, 7) is 0.318. The Morgan fingerprint density at radius 3 is 3.11 bits per heavy atom. The lowest BCUT2D eigenvalue weighted by molar-refractivity contribution is -0.116. The second-order valence-corrected chi connectivity index (χ2v) is 3.97. The van der Waals surface area contributed by atoms with Gasteiger partial charge in [-0.15, -0.1) is 0 Å². The maximum atomic E-state index is 11.5. The van der Waals surface area contributed by atoms with Crippen molar-refractivity contribution in [1.29, 1.82) is 0 Å². The largest absolute Gasteiger partial charge is 0.345 e. The third kappa shape index (κ3) is 3.71. The molecule has 1 heterocycles.